The Morgan fingerprint density at radius 1 is 1.11 bits per heavy atom. The molecule has 0 aliphatic carbocycles. The molecule has 1 N–H and O–H groups in total. The van der Waals surface area contributed by atoms with Gasteiger partial charge in [0.1, 0.15) is 6.61 Å². The number of nitro benzene ring substituents is 2. The van der Waals surface area contributed by atoms with E-state index in [9.17, 15) is 25.0 Å². The van der Waals surface area contributed by atoms with Crippen LogP contribution in [0.5, 0.6) is 5.75 Å². The normalized spacial score (nSPS) is 16.2. The van der Waals surface area contributed by atoms with Crippen LogP contribution in [0.3, 0.4) is 0 Å². The van der Waals surface area contributed by atoms with Gasteiger partial charge >= 0.3 is 11.4 Å². The van der Waals surface area contributed by atoms with Gasteiger partial charge in [0.15, 0.2) is 0 Å². The van der Waals surface area contributed by atoms with Crippen molar-refractivity contribution in [1.29, 1.82) is 0 Å². The first kappa shape index (κ1) is 19.2. The van der Waals surface area contributed by atoms with E-state index in [0.717, 1.165) is 5.56 Å². The first-order valence-electron chi connectivity index (χ1n) is 8.47. The Kier molecular flexibility index (Phi) is 5.50. The lowest BCUT2D eigenvalue weighted by molar-refractivity contribution is -0.396. The fourth-order valence-electron chi connectivity index (χ4n) is 3.00. The summed E-state index contributed by atoms with van der Waals surface area (Å²) in [6.07, 6.45) is 0.101. The highest BCUT2D eigenvalue weighted by Gasteiger charge is 2.32. The molecular formula is C18H18N4O6. The maximum atomic E-state index is 12.0. The minimum Gasteiger partial charge on any atom is -0.477 e. The number of nitrogens with zero attached hydrogens (tertiary/aromatic N) is 3. The topological polar surface area (TPSA) is 128 Å². The number of ether oxygens (including phenoxy) is 1. The molecule has 1 fully saturated rings. The SMILES string of the molecule is CN1CN[C@@H](Cc2cc([N+](=O)[O-])c(OCc3ccccc3)c([N+](=O)[O-])c2)C1=O. The van der Waals surface area contributed by atoms with Crippen LogP contribution in [0.1, 0.15) is 11.1 Å². The molecule has 0 spiro atoms. The van der Waals surface area contributed by atoms with Gasteiger partial charge in [-0.15, -0.1) is 0 Å². The fourth-order valence-corrected chi connectivity index (χ4v) is 3.00. The van der Waals surface area contributed by atoms with Crippen LogP contribution >= 0.6 is 0 Å². The number of carbonyl (C=O) groups excluding carboxylic acids is 1. The van der Waals surface area contributed by atoms with Crippen molar-refractivity contribution in [3.05, 3.63) is 73.8 Å². The second-order valence-corrected chi connectivity index (χ2v) is 6.41. The molecule has 146 valence electrons. The molecular weight excluding hydrogens is 368 g/mol. The maximum absolute atomic E-state index is 12.0. The fraction of sp³-hybridized carbons (Fsp3) is 0.278. The molecule has 10 nitrogen and oxygen atoms in total. The van der Waals surface area contributed by atoms with Gasteiger partial charge in [-0.05, 0) is 17.5 Å². The van der Waals surface area contributed by atoms with E-state index in [4.69, 9.17) is 4.74 Å². The standard InChI is InChI=1S/C18H18N4O6/c1-20-11-19-14(18(20)23)7-13-8-15(21(24)25)17(16(9-13)22(26)27)28-10-12-5-3-2-4-6-12/h2-6,8-9,14,19H,7,10-11H2,1H3/t14-/m0/s1. The molecule has 10 heteroatoms. The highest BCUT2D eigenvalue weighted by atomic mass is 16.6. The summed E-state index contributed by atoms with van der Waals surface area (Å²) < 4.78 is 5.47. The van der Waals surface area contributed by atoms with Crippen molar-refractivity contribution in [2.75, 3.05) is 13.7 Å². The Bertz CT molecular complexity index is 883. The Morgan fingerprint density at radius 3 is 2.21 bits per heavy atom. The van der Waals surface area contributed by atoms with Crippen molar-refractivity contribution in [2.45, 2.75) is 19.1 Å². The molecule has 3 rings (SSSR count). The molecule has 2 aromatic rings. The number of amides is 1. The molecule has 0 radical (unpaired) electrons. The minimum absolute atomic E-state index is 0.0463. The van der Waals surface area contributed by atoms with Gasteiger partial charge < -0.3 is 9.64 Å². The van der Waals surface area contributed by atoms with E-state index in [1.165, 1.54) is 17.0 Å². The van der Waals surface area contributed by atoms with Crippen LogP contribution in [0.4, 0.5) is 11.4 Å². The van der Waals surface area contributed by atoms with Gasteiger partial charge in [-0.25, -0.2) is 0 Å². The Balaban J connectivity index is 1.93. The van der Waals surface area contributed by atoms with Gasteiger partial charge in [-0.1, -0.05) is 30.3 Å². The van der Waals surface area contributed by atoms with Crippen molar-refractivity contribution in [3.63, 3.8) is 0 Å². The summed E-state index contributed by atoms with van der Waals surface area (Å²) in [6.45, 7) is 0.307. The zero-order chi connectivity index (χ0) is 20.3. The number of nitro groups is 2. The third-order valence-electron chi connectivity index (χ3n) is 4.42. The van der Waals surface area contributed by atoms with Gasteiger partial charge in [-0.2, -0.15) is 0 Å². The number of carbonyl (C=O) groups is 1. The smallest absolute Gasteiger partial charge is 0.318 e. The molecule has 1 aliphatic heterocycles. The monoisotopic (exact) mass is 386 g/mol. The second-order valence-electron chi connectivity index (χ2n) is 6.41. The molecule has 2 aromatic carbocycles. The Labute approximate surface area is 160 Å². The minimum atomic E-state index is -0.715. The van der Waals surface area contributed by atoms with Crippen molar-refractivity contribution < 1.29 is 19.4 Å². The van der Waals surface area contributed by atoms with Crippen molar-refractivity contribution in [1.82, 2.24) is 10.2 Å². The van der Waals surface area contributed by atoms with Gasteiger partial charge in [0.2, 0.25) is 5.91 Å². The van der Waals surface area contributed by atoms with Gasteiger partial charge in [-0.3, -0.25) is 30.3 Å². The third kappa shape index (κ3) is 4.07. The zero-order valence-electron chi connectivity index (χ0n) is 15.0. The summed E-state index contributed by atoms with van der Waals surface area (Å²) >= 11 is 0. The molecule has 0 unspecified atom stereocenters. The van der Waals surface area contributed by atoms with Gasteiger partial charge in [0, 0.05) is 19.2 Å². The predicted octanol–water partition coefficient (Wildman–Crippen LogP) is 2.01. The van der Waals surface area contributed by atoms with E-state index >= 15 is 0 Å². The summed E-state index contributed by atoms with van der Waals surface area (Å²) in [4.78, 5) is 35.1. The summed E-state index contributed by atoms with van der Waals surface area (Å²) in [5, 5.41) is 26.0. The van der Waals surface area contributed by atoms with Crippen molar-refractivity contribution >= 4 is 17.3 Å². The molecule has 1 heterocycles. The molecule has 1 aliphatic rings. The number of benzene rings is 2. The number of likely N-dealkylation sites (N-methyl/N-ethyl adjacent to an activating group) is 1. The van der Waals surface area contributed by atoms with Crippen LogP contribution in [0.2, 0.25) is 0 Å². The van der Waals surface area contributed by atoms with E-state index in [2.05, 4.69) is 5.32 Å². The van der Waals surface area contributed by atoms with Crippen LogP contribution in [0.25, 0.3) is 0 Å². The van der Waals surface area contributed by atoms with E-state index in [1.807, 2.05) is 0 Å². The average Bonchev–Trinajstić information content (AvgIpc) is 2.99. The Hall–Kier alpha value is -3.53. The molecule has 1 saturated heterocycles. The first-order chi connectivity index (χ1) is 13.4. The predicted molar refractivity (Wildman–Crippen MR) is 98.8 cm³/mol. The van der Waals surface area contributed by atoms with E-state index in [1.54, 1.807) is 37.4 Å². The van der Waals surface area contributed by atoms with Crippen LogP contribution in [0.15, 0.2) is 42.5 Å². The second kappa shape index (κ2) is 8.01. The number of hydrogen-bond acceptors (Lipinski definition) is 7. The highest BCUT2D eigenvalue weighted by molar-refractivity contribution is 5.84. The maximum Gasteiger partial charge on any atom is 0.318 e. The molecule has 1 amide bonds. The van der Waals surface area contributed by atoms with Gasteiger partial charge in [0.05, 0.1) is 22.6 Å². The summed E-state index contributed by atoms with van der Waals surface area (Å²) in [6, 6.07) is 10.7. The molecule has 0 bridgehead atoms. The zero-order valence-corrected chi connectivity index (χ0v) is 15.0. The van der Waals surface area contributed by atoms with Crippen LogP contribution in [-0.2, 0) is 17.8 Å². The molecule has 1 atom stereocenters. The molecule has 0 aromatic heterocycles. The summed E-state index contributed by atoms with van der Waals surface area (Å²) in [7, 11) is 1.63. The lowest BCUT2D eigenvalue weighted by Crippen LogP contribution is -2.31. The van der Waals surface area contributed by atoms with E-state index in [0.29, 0.717) is 12.2 Å². The Morgan fingerprint density at radius 2 is 1.71 bits per heavy atom. The molecule has 28 heavy (non-hydrogen) atoms. The van der Waals surface area contributed by atoms with Crippen LogP contribution < -0.4 is 10.1 Å². The summed E-state index contributed by atoms with van der Waals surface area (Å²) in [5.74, 6) is -0.569. The summed E-state index contributed by atoms with van der Waals surface area (Å²) in [5.41, 5.74) is 0.0310. The van der Waals surface area contributed by atoms with E-state index in [-0.39, 0.29) is 18.9 Å². The first-order valence-corrected chi connectivity index (χ1v) is 8.47. The lowest BCUT2D eigenvalue weighted by Gasteiger charge is -2.12. The van der Waals surface area contributed by atoms with Crippen LogP contribution in [0, 0.1) is 20.2 Å². The number of nitrogens with one attached hydrogen (secondary N) is 1. The van der Waals surface area contributed by atoms with Gasteiger partial charge in [0.25, 0.3) is 5.75 Å². The third-order valence-corrected chi connectivity index (χ3v) is 4.42. The van der Waals surface area contributed by atoms with E-state index < -0.39 is 33.0 Å². The lowest BCUT2D eigenvalue weighted by atomic mass is 10.0. The van der Waals surface area contributed by atoms with Crippen molar-refractivity contribution in [2.24, 2.45) is 0 Å². The highest BCUT2D eigenvalue weighted by Crippen LogP contribution is 2.39. The number of rotatable bonds is 7. The average molecular weight is 386 g/mol. The quantitative estimate of drug-likeness (QED) is 0.569. The molecule has 0 saturated carbocycles. The van der Waals surface area contributed by atoms with Crippen molar-refractivity contribution in [3.8, 4) is 5.75 Å². The largest absolute Gasteiger partial charge is 0.477 e. The van der Waals surface area contributed by atoms with Crippen LogP contribution in [-0.4, -0.2) is 40.4 Å². The number of hydrogen-bond donors (Lipinski definition) is 1.